The average Bonchev–Trinajstić information content (AvgIpc) is 2.74. The molecule has 0 aliphatic heterocycles. The number of hydrogen-bond donors (Lipinski definition) is 1. The lowest BCUT2D eigenvalue weighted by Gasteiger charge is -2.22. The molecule has 0 aliphatic rings. The molecule has 0 saturated heterocycles. The van der Waals surface area contributed by atoms with E-state index in [-0.39, 0.29) is 10.5 Å². The standard InChI is InChI=1S/C22H21BrN2O4S/c1-15-12-13-16(14-17(15)22(26)24-19-9-5-4-8-18(19)23)30(27,28)25(2)20-10-6-7-11-21(20)29-3/h4-14H,1-3H3,(H,24,26). The summed E-state index contributed by atoms with van der Waals surface area (Å²) >= 11 is 3.39. The summed E-state index contributed by atoms with van der Waals surface area (Å²) < 4.78 is 33.6. The fourth-order valence-electron chi connectivity index (χ4n) is 2.94. The second-order valence-corrected chi connectivity index (χ2v) is 9.38. The number of anilines is 2. The average molecular weight is 489 g/mol. The molecule has 3 rings (SSSR count). The van der Waals surface area contributed by atoms with Crippen molar-refractivity contribution in [1.29, 1.82) is 0 Å². The monoisotopic (exact) mass is 488 g/mol. The van der Waals surface area contributed by atoms with E-state index in [1.54, 1.807) is 49.4 Å². The summed E-state index contributed by atoms with van der Waals surface area (Å²) in [6.45, 7) is 1.76. The van der Waals surface area contributed by atoms with Crippen molar-refractivity contribution in [3.05, 3.63) is 82.3 Å². The van der Waals surface area contributed by atoms with E-state index >= 15 is 0 Å². The first kappa shape index (κ1) is 21.9. The van der Waals surface area contributed by atoms with Crippen LogP contribution in [0.25, 0.3) is 0 Å². The summed E-state index contributed by atoms with van der Waals surface area (Å²) in [7, 11) is -0.981. The highest BCUT2D eigenvalue weighted by Gasteiger charge is 2.25. The van der Waals surface area contributed by atoms with Gasteiger partial charge in [0.25, 0.3) is 15.9 Å². The van der Waals surface area contributed by atoms with Gasteiger partial charge in [-0.25, -0.2) is 8.42 Å². The molecule has 0 radical (unpaired) electrons. The summed E-state index contributed by atoms with van der Waals surface area (Å²) in [5.41, 5.74) is 1.94. The van der Waals surface area contributed by atoms with E-state index in [4.69, 9.17) is 4.74 Å². The van der Waals surface area contributed by atoms with Crippen LogP contribution < -0.4 is 14.4 Å². The number of carbonyl (C=O) groups excluding carboxylic acids is 1. The molecule has 3 aromatic carbocycles. The predicted octanol–water partition coefficient (Wildman–Crippen LogP) is 4.84. The fourth-order valence-corrected chi connectivity index (χ4v) is 4.55. The maximum Gasteiger partial charge on any atom is 0.264 e. The predicted molar refractivity (Wildman–Crippen MR) is 122 cm³/mol. The smallest absolute Gasteiger partial charge is 0.264 e. The van der Waals surface area contributed by atoms with E-state index < -0.39 is 15.9 Å². The Balaban J connectivity index is 1.97. The quantitative estimate of drug-likeness (QED) is 0.538. The second kappa shape index (κ2) is 8.89. The minimum Gasteiger partial charge on any atom is -0.495 e. The number of aryl methyl sites for hydroxylation is 1. The van der Waals surface area contributed by atoms with Gasteiger partial charge in [-0.05, 0) is 64.8 Å². The Labute approximate surface area is 184 Å². The molecule has 0 aliphatic carbocycles. The molecule has 156 valence electrons. The molecule has 0 spiro atoms. The van der Waals surface area contributed by atoms with E-state index in [0.29, 0.717) is 22.7 Å². The maximum atomic E-state index is 13.2. The minimum atomic E-state index is -3.91. The van der Waals surface area contributed by atoms with Crippen LogP contribution >= 0.6 is 15.9 Å². The lowest BCUT2D eigenvalue weighted by atomic mass is 10.1. The maximum absolute atomic E-state index is 13.2. The summed E-state index contributed by atoms with van der Waals surface area (Å²) in [5.74, 6) is 0.0407. The Morgan fingerprint density at radius 3 is 2.40 bits per heavy atom. The molecular formula is C22H21BrN2O4S. The second-order valence-electron chi connectivity index (χ2n) is 6.56. The minimum absolute atomic E-state index is 0.0128. The van der Waals surface area contributed by atoms with Gasteiger partial charge in [-0.1, -0.05) is 30.3 Å². The van der Waals surface area contributed by atoms with Crippen LogP contribution in [0.3, 0.4) is 0 Å². The van der Waals surface area contributed by atoms with Gasteiger partial charge in [0.15, 0.2) is 0 Å². The Kier molecular flexibility index (Phi) is 6.48. The van der Waals surface area contributed by atoms with Crippen LogP contribution in [0.2, 0.25) is 0 Å². The molecule has 3 aromatic rings. The van der Waals surface area contributed by atoms with Crippen molar-refractivity contribution in [3.8, 4) is 5.75 Å². The van der Waals surface area contributed by atoms with Crippen LogP contribution in [-0.2, 0) is 10.0 Å². The Hall–Kier alpha value is -2.84. The van der Waals surface area contributed by atoms with Gasteiger partial charge < -0.3 is 10.1 Å². The molecule has 8 heteroatoms. The topological polar surface area (TPSA) is 75.7 Å². The van der Waals surface area contributed by atoms with Gasteiger partial charge in [-0.3, -0.25) is 9.10 Å². The van der Waals surface area contributed by atoms with Crippen LogP contribution in [0.1, 0.15) is 15.9 Å². The number of nitrogens with one attached hydrogen (secondary N) is 1. The zero-order valence-electron chi connectivity index (χ0n) is 16.7. The number of rotatable bonds is 6. The Bertz CT molecular complexity index is 1200. The normalized spacial score (nSPS) is 11.1. The largest absolute Gasteiger partial charge is 0.495 e. The number of hydrogen-bond acceptors (Lipinski definition) is 4. The number of sulfonamides is 1. The molecule has 1 amide bonds. The molecular weight excluding hydrogens is 468 g/mol. The summed E-state index contributed by atoms with van der Waals surface area (Å²) in [5, 5.41) is 2.81. The number of methoxy groups -OCH3 is 1. The van der Waals surface area contributed by atoms with E-state index in [9.17, 15) is 13.2 Å². The first-order chi connectivity index (χ1) is 14.3. The van der Waals surface area contributed by atoms with E-state index in [2.05, 4.69) is 21.2 Å². The summed E-state index contributed by atoms with van der Waals surface area (Å²) in [4.78, 5) is 12.9. The summed E-state index contributed by atoms with van der Waals surface area (Å²) in [6.07, 6.45) is 0. The van der Waals surface area contributed by atoms with Crippen LogP contribution in [0.15, 0.2) is 76.1 Å². The zero-order chi connectivity index (χ0) is 21.9. The number of halogens is 1. The van der Waals surface area contributed by atoms with E-state index in [0.717, 1.165) is 8.78 Å². The number of carbonyl (C=O) groups is 1. The van der Waals surface area contributed by atoms with Crippen molar-refractivity contribution < 1.29 is 17.9 Å². The number of benzene rings is 3. The van der Waals surface area contributed by atoms with Crippen molar-refractivity contribution in [2.45, 2.75) is 11.8 Å². The highest BCUT2D eigenvalue weighted by molar-refractivity contribution is 9.10. The first-order valence-corrected chi connectivity index (χ1v) is 11.3. The van der Waals surface area contributed by atoms with Gasteiger partial charge in [0, 0.05) is 17.1 Å². The SMILES string of the molecule is COc1ccccc1N(C)S(=O)(=O)c1ccc(C)c(C(=O)Nc2ccccc2Br)c1. The van der Waals surface area contributed by atoms with Gasteiger partial charge >= 0.3 is 0 Å². The molecule has 0 heterocycles. The van der Waals surface area contributed by atoms with Crippen LogP contribution in [0, 0.1) is 6.92 Å². The van der Waals surface area contributed by atoms with Gasteiger partial charge in [-0.15, -0.1) is 0 Å². The Morgan fingerprint density at radius 2 is 1.70 bits per heavy atom. The third-order valence-electron chi connectivity index (χ3n) is 4.66. The Morgan fingerprint density at radius 1 is 1.03 bits per heavy atom. The van der Waals surface area contributed by atoms with Crippen LogP contribution in [0.4, 0.5) is 11.4 Å². The van der Waals surface area contributed by atoms with Gasteiger partial charge in [0.1, 0.15) is 5.75 Å². The zero-order valence-corrected chi connectivity index (χ0v) is 19.1. The molecule has 6 nitrogen and oxygen atoms in total. The number of ether oxygens (including phenoxy) is 1. The molecule has 0 aromatic heterocycles. The van der Waals surface area contributed by atoms with E-state index in [1.807, 2.05) is 12.1 Å². The first-order valence-electron chi connectivity index (χ1n) is 9.04. The van der Waals surface area contributed by atoms with Crippen molar-refractivity contribution in [2.24, 2.45) is 0 Å². The van der Waals surface area contributed by atoms with Crippen molar-refractivity contribution in [1.82, 2.24) is 0 Å². The van der Waals surface area contributed by atoms with Crippen LogP contribution in [0.5, 0.6) is 5.75 Å². The third kappa shape index (κ3) is 4.34. The van der Waals surface area contributed by atoms with Gasteiger partial charge in [-0.2, -0.15) is 0 Å². The molecule has 30 heavy (non-hydrogen) atoms. The molecule has 0 bridgehead atoms. The number of para-hydroxylation sites is 3. The molecule has 0 fully saturated rings. The molecule has 0 saturated carbocycles. The fraction of sp³-hybridized carbons (Fsp3) is 0.136. The molecule has 0 atom stereocenters. The number of nitrogens with zero attached hydrogens (tertiary/aromatic N) is 1. The molecule has 0 unspecified atom stereocenters. The highest BCUT2D eigenvalue weighted by atomic mass is 79.9. The summed E-state index contributed by atoms with van der Waals surface area (Å²) in [6, 6.07) is 18.6. The third-order valence-corrected chi connectivity index (χ3v) is 7.12. The lowest BCUT2D eigenvalue weighted by molar-refractivity contribution is 0.102. The van der Waals surface area contributed by atoms with Crippen molar-refractivity contribution in [3.63, 3.8) is 0 Å². The lowest BCUT2D eigenvalue weighted by Crippen LogP contribution is -2.27. The van der Waals surface area contributed by atoms with Crippen LogP contribution in [-0.4, -0.2) is 28.5 Å². The van der Waals surface area contributed by atoms with Crippen molar-refractivity contribution >= 4 is 43.2 Å². The number of amides is 1. The van der Waals surface area contributed by atoms with E-state index in [1.165, 1.54) is 26.3 Å². The van der Waals surface area contributed by atoms with Gasteiger partial charge in [0.05, 0.1) is 23.4 Å². The molecule has 1 N–H and O–H groups in total. The van der Waals surface area contributed by atoms with Gasteiger partial charge in [0.2, 0.25) is 0 Å². The van der Waals surface area contributed by atoms with Crippen molar-refractivity contribution in [2.75, 3.05) is 23.8 Å². The highest BCUT2D eigenvalue weighted by Crippen LogP contribution is 2.31.